The molecule has 0 saturated heterocycles. The van der Waals surface area contributed by atoms with Crippen molar-refractivity contribution in [1.29, 1.82) is 0 Å². The molecule has 2 aliphatic heterocycles. The molecule has 3 N–H and O–H groups in total. The minimum atomic E-state index is -0.670. The monoisotopic (exact) mass is 342 g/mol. The molecule has 0 bridgehead atoms. The summed E-state index contributed by atoms with van der Waals surface area (Å²) in [6.45, 7) is 1.87. The van der Waals surface area contributed by atoms with Gasteiger partial charge in [-0.25, -0.2) is 10.2 Å². The van der Waals surface area contributed by atoms with E-state index in [1.165, 1.54) is 11.1 Å². The summed E-state index contributed by atoms with van der Waals surface area (Å²) in [5.41, 5.74) is 10.5. The van der Waals surface area contributed by atoms with Crippen molar-refractivity contribution in [3.05, 3.63) is 35.4 Å². The van der Waals surface area contributed by atoms with Crippen LogP contribution in [-0.4, -0.2) is 43.4 Å². The average molecular weight is 342 g/mol. The summed E-state index contributed by atoms with van der Waals surface area (Å²) in [4.78, 5) is 13.2. The second-order valence-corrected chi connectivity index (χ2v) is 6.88. The van der Waals surface area contributed by atoms with Crippen LogP contribution in [0.2, 0.25) is 0 Å². The Morgan fingerprint density at radius 3 is 3.12 bits per heavy atom. The van der Waals surface area contributed by atoms with Crippen molar-refractivity contribution in [3.63, 3.8) is 0 Å². The van der Waals surface area contributed by atoms with Crippen LogP contribution in [0.25, 0.3) is 0 Å². The molecule has 2 atom stereocenters. The number of hydrogen-bond acceptors (Lipinski definition) is 5. The van der Waals surface area contributed by atoms with Gasteiger partial charge in [0.15, 0.2) is 11.5 Å². The van der Waals surface area contributed by atoms with Crippen molar-refractivity contribution in [2.24, 2.45) is 10.8 Å². The number of urea groups is 1. The minimum Gasteiger partial charge on any atom is -0.493 e. The number of benzene rings is 1. The molecule has 1 spiro atoms. The van der Waals surface area contributed by atoms with Crippen LogP contribution >= 0.6 is 0 Å². The zero-order chi connectivity index (χ0) is 17.6. The molecule has 2 heterocycles. The highest BCUT2D eigenvalue weighted by Gasteiger charge is 2.52. The number of hydrazone groups is 1. The molecule has 1 aromatic carbocycles. The quantitative estimate of drug-likeness (QED) is 0.798. The number of nitrogens with one attached hydrogen (secondary N) is 1. The van der Waals surface area contributed by atoms with Gasteiger partial charge in [0.2, 0.25) is 0 Å². The third-order valence-electron chi connectivity index (χ3n) is 5.35. The third-order valence-corrected chi connectivity index (χ3v) is 5.35. The molecule has 1 aliphatic carbocycles. The Morgan fingerprint density at radius 2 is 2.36 bits per heavy atom. The van der Waals surface area contributed by atoms with Gasteiger partial charge in [0.05, 0.1) is 18.2 Å². The molecule has 2 amide bonds. The van der Waals surface area contributed by atoms with E-state index in [-0.39, 0.29) is 11.5 Å². The molecular weight excluding hydrogens is 320 g/mol. The van der Waals surface area contributed by atoms with E-state index in [0.29, 0.717) is 6.42 Å². The van der Waals surface area contributed by atoms with E-state index in [9.17, 15) is 4.79 Å². The number of carbonyl (C=O) groups is 1. The lowest BCUT2D eigenvalue weighted by Crippen LogP contribution is -2.42. The molecule has 0 saturated carbocycles. The molecule has 2 unspecified atom stereocenters. The Hall–Kier alpha value is -2.54. The molecule has 7 heteroatoms. The number of amides is 2. The van der Waals surface area contributed by atoms with Crippen LogP contribution in [0.4, 0.5) is 4.79 Å². The first-order valence-corrected chi connectivity index (χ1v) is 8.40. The lowest BCUT2D eigenvalue weighted by molar-refractivity contribution is 0.158. The fourth-order valence-corrected chi connectivity index (χ4v) is 4.17. The number of nitrogens with two attached hydrogens (primary N) is 1. The van der Waals surface area contributed by atoms with Gasteiger partial charge in [0, 0.05) is 18.5 Å². The summed E-state index contributed by atoms with van der Waals surface area (Å²) >= 11 is 0. The lowest BCUT2D eigenvalue weighted by Gasteiger charge is -2.34. The van der Waals surface area contributed by atoms with Crippen molar-refractivity contribution in [3.8, 4) is 11.5 Å². The van der Waals surface area contributed by atoms with Gasteiger partial charge in [-0.2, -0.15) is 5.10 Å². The summed E-state index contributed by atoms with van der Waals surface area (Å²) in [6, 6.07) is 3.45. The van der Waals surface area contributed by atoms with Gasteiger partial charge in [-0.3, -0.25) is 0 Å². The molecule has 3 aliphatic rings. The van der Waals surface area contributed by atoms with E-state index in [1.54, 1.807) is 7.11 Å². The van der Waals surface area contributed by atoms with Gasteiger partial charge in [-0.05, 0) is 37.7 Å². The number of primary amides is 1. The molecule has 25 heavy (non-hydrogen) atoms. The van der Waals surface area contributed by atoms with Crippen LogP contribution in [0.15, 0.2) is 29.4 Å². The van der Waals surface area contributed by atoms with Crippen LogP contribution in [-0.2, 0) is 12.0 Å². The van der Waals surface area contributed by atoms with Crippen molar-refractivity contribution < 1.29 is 14.3 Å². The maximum Gasteiger partial charge on any atom is 0.332 e. The van der Waals surface area contributed by atoms with Crippen LogP contribution in [0.3, 0.4) is 0 Å². The Morgan fingerprint density at radius 1 is 1.52 bits per heavy atom. The predicted octanol–water partition coefficient (Wildman–Crippen LogP) is 1.51. The summed E-state index contributed by atoms with van der Waals surface area (Å²) in [7, 11) is 3.80. The van der Waals surface area contributed by atoms with Crippen LogP contribution in [0, 0.1) is 0 Å². The summed E-state index contributed by atoms with van der Waals surface area (Å²) in [5, 5.41) is 4.08. The zero-order valence-electron chi connectivity index (χ0n) is 14.4. The first-order valence-electron chi connectivity index (χ1n) is 8.40. The standard InChI is InChI=1S/C18H22N4O3/c1-22-8-7-18-6-5-12(20-21-17(19)23)9-14(18)25-16-13(24-2)4-3-11(10-22)15(16)18/h3-6,14H,7-10H2,1-2H3,(H3,19,21,23). The maximum atomic E-state index is 10.9. The highest BCUT2D eigenvalue weighted by Crippen LogP contribution is 2.55. The van der Waals surface area contributed by atoms with E-state index in [0.717, 1.165) is 36.7 Å². The average Bonchev–Trinajstić information content (AvgIpc) is 2.85. The SMILES string of the molecule is COc1ccc2c3c1OC1CC(=NNC(N)=O)C=CC31CCN(C)C2. The summed E-state index contributed by atoms with van der Waals surface area (Å²) in [5.74, 6) is 1.60. The third kappa shape index (κ3) is 2.46. The normalized spacial score (nSPS) is 28.7. The van der Waals surface area contributed by atoms with Crippen LogP contribution < -0.4 is 20.6 Å². The van der Waals surface area contributed by atoms with Gasteiger partial charge in [0.25, 0.3) is 0 Å². The molecule has 4 rings (SSSR count). The van der Waals surface area contributed by atoms with E-state index in [1.807, 2.05) is 12.1 Å². The fourth-order valence-electron chi connectivity index (χ4n) is 4.17. The van der Waals surface area contributed by atoms with E-state index in [2.05, 4.69) is 34.6 Å². The largest absolute Gasteiger partial charge is 0.493 e. The number of ether oxygens (including phenoxy) is 2. The predicted molar refractivity (Wildman–Crippen MR) is 94.0 cm³/mol. The highest BCUT2D eigenvalue weighted by molar-refractivity contribution is 5.97. The molecule has 0 radical (unpaired) electrons. The van der Waals surface area contributed by atoms with Gasteiger partial charge >= 0.3 is 6.03 Å². The topological polar surface area (TPSA) is 89.2 Å². The lowest BCUT2D eigenvalue weighted by atomic mass is 9.69. The number of hydrogen-bond donors (Lipinski definition) is 2. The van der Waals surface area contributed by atoms with Crippen molar-refractivity contribution in [2.75, 3.05) is 20.7 Å². The molecule has 0 fully saturated rings. The first-order chi connectivity index (χ1) is 12.0. The molecule has 0 aromatic heterocycles. The number of rotatable bonds is 2. The molecule has 1 aromatic rings. The number of carbonyl (C=O) groups excluding carboxylic acids is 1. The Balaban J connectivity index is 1.81. The first kappa shape index (κ1) is 16.0. The van der Waals surface area contributed by atoms with Crippen LogP contribution in [0.5, 0.6) is 11.5 Å². The second-order valence-electron chi connectivity index (χ2n) is 6.88. The van der Waals surface area contributed by atoms with Gasteiger partial charge in [-0.1, -0.05) is 12.1 Å². The zero-order valence-corrected chi connectivity index (χ0v) is 14.4. The molecular formula is C18H22N4O3. The van der Waals surface area contributed by atoms with Gasteiger partial charge in [-0.15, -0.1) is 0 Å². The van der Waals surface area contributed by atoms with Gasteiger partial charge in [0.1, 0.15) is 6.10 Å². The van der Waals surface area contributed by atoms with E-state index in [4.69, 9.17) is 15.2 Å². The van der Waals surface area contributed by atoms with Crippen molar-refractivity contribution in [2.45, 2.75) is 30.9 Å². The minimum absolute atomic E-state index is 0.0672. The van der Waals surface area contributed by atoms with Crippen molar-refractivity contribution >= 4 is 11.7 Å². The van der Waals surface area contributed by atoms with Crippen molar-refractivity contribution in [1.82, 2.24) is 10.3 Å². The Labute approximate surface area is 146 Å². The number of methoxy groups -OCH3 is 1. The summed E-state index contributed by atoms with van der Waals surface area (Å²) < 4.78 is 11.9. The maximum absolute atomic E-state index is 10.9. The van der Waals surface area contributed by atoms with E-state index >= 15 is 0 Å². The van der Waals surface area contributed by atoms with Crippen LogP contribution in [0.1, 0.15) is 24.0 Å². The second kappa shape index (κ2) is 5.77. The molecule has 132 valence electrons. The summed E-state index contributed by atoms with van der Waals surface area (Å²) in [6.07, 6.45) is 5.66. The fraction of sp³-hybridized carbons (Fsp3) is 0.444. The van der Waals surface area contributed by atoms with Gasteiger partial charge < -0.3 is 20.1 Å². The highest BCUT2D eigenvalue weighted by atomic mass is 16.5. The Kier molecular flexibility index (Phi) is 3.68. The number of allylic oxidation sites excluding steroid dienone is 1. The smallest absolute Gasteiger partial charge is 0.332 e. The Bertz CT molecular complexity index is 789. The van der Waals surface area contributed by atoms with E-state index < -0.39 is 6.03 Å². The number of nitrogens with zero attached hydrogens (tertiary/aromatic N) is 2. The molecule has 7 nitrogen and oxygen atoms in total.